The van der Waals surface area contributed by atoms with Gasteiger partial charge in [-0.1, -0.05) is 37.3 Å². The van der Waals surface area contributed by atoms with E-state index in [1.54, 1.807) is 0 Å². The number of aryl methyl sites for hydroxylation is 1. The van der Waals surface area contributed by atoms with Gasteiger partial charge in [0.05, 0.1) is 12.4 Å². The lowest BCUT2D eigenvalue weighted by Crippen LogP contribution is -2.28. The van der Waals surface area contributed by atoms with Crippen LogP contribution in [0.5, 0.6) is 5.75 Å². The van der Waals surface area contributed by atoms with Gasteiger partial charge in [0.1, 0.15) is 5.82 Å². The van der Waals surface area contributed by atoms with Crippen LogP contribution in [0, 0.1) is 11.8 Å². The van der Waals surface area contributed by atoms with E-state index in [-0.39, 0.29) is 18.3 Å². The Morgan fingerprint density at radius 2 is 1.81 bits per heavy atom. The average molecular weight is 370 g/mol. The van der Waals surface area contributed by atoms with Gasteiger partial charge in [0.25, 0.3) is 0 Å². The molecule has 146 valence electrons. The zero-order valence-corrected chi connectivity index (χ0v) is 16.2. The molecule has 1 aromatic carbocycles. The van der Waals surface area contributed by atoms with Crippen LogP contribution in [-0.4, -0.2) is 51.3 Å². The highest BCUT2D eigenvalue weighted by Crippen LogP contribution is 2.30. The molecule has 0 spiro atoms. The lowest BCUT2D eigenvalue weighted by atomic mass is 9.91. The fourth-order valence-electron chi connectivity index (χ4n) is 4.18. The molecule has 0 saturated carbocycles. The second kappa shape index (κ2) is 9.81. The molecular weight excluding hydrogens is 338 g/mol. The van der Waals surface area contributed by atoms with Crippen LogP contribution in [0.2, 0.25) is 0 Å². The van der Waals surface area contributed by atoms with Gasteiger partial charge in [-0.2, -0.15) is 0 Å². The van der Waals surface area contributed by atoms with Gasteiger partial charge in [-0.3, -0.25) is 0 Å². The number of hydrogen-bond donors (Lipinski definition) is 2. The topological polar surface area (TPSA) is 69.5 Å². The van der Waals surface area contributed by atoms with Gasteiger partial charge < -0.3 is 15.1 Å². The summed E-state index contributed by atoms with van der Waals surface area (Å²) in [7, 11) is 0. The third-order valence-electron chi connectivity index (χ3n) is 5.76. The Morgan fingerprint density at radius 1 is 1.11 bits per heavy atom. The first-order valence-corrected chi connectivity index (χ1v) is 10.1. The summed E-state index contributed by atoms with van der Waals surface area (Å²) in [5.74, 6) is 2.07. The first-order chi connectivity index (χ1) is 13.2. The minimum absolute atomic E-state index is 0.105. The molecule has 5 nitrogen and oxygen atoms in total. The second-order valence-corrected chi connectivity index (χ2v) is 7.70. The molecule has 3 rings (SSSR count). The highest BCUT2D eigenvalue weighted by Gasteiger charge is 2.33. The molecule has 1 aliphatic heterocycles. The minimum atomic E-state index is 0.105. The van der Waals surface area contributed by atoms with E-state index in [0.29, 0.717) is 11.8 Å². The monoisotopic (exact) mass is 369 g/mol. The molecule has 1 unspecified atom stereocenters. The van der Waals surface area contributed by atoms with Crippen LogP contribution < -0.4 is 0 Å². The number of aliphatic hydroxyl groups is 1. The summed E-state index contributed by atoms with van der Waals surface area (Å²) < 4.78 is 0. The molecule has 2 heterocycles. The first kappa shape index (κ1) is 19.8. The molecule has 27 heavy (non-hydrogen) atoms. The summed E-state index contributed by atoms with van der Waals surface area (Å²) in [6.07, 6.45) is 7.33. The maximum atomic E-state index is 9.83. The van der Waals surface area contributed by atoms with Gasteiger partial charge in [0.15, 0.2) is 5.75 Å². The molecule has 0 radical (unpaired) electrons. The van der Waals surface area contributed by atoms with Crippen molar-refractivity contribution in [2.45, 2.75) is 38.5 Å². The normalized spacial score (nSPS) is 21.4. The molecule has 2 aromatic rings. The van der Waals surface area contributed by atoms with Gasteiger partial charge >= 0.3 is 0 Å². The van der Waals surface area contributed by atoms with E-state index >= 15 is 0 Å². The van der Waals surface area contributed by atoms with Crippen LogP contribution in [0.15, 0.2) is 42.7 Å². The molecule has 0 aliphatic carbocycles. The quantitative estimate of drug-likeness (QED) is 0.710. The van der Waals surface area contributed by atoms with Crippen molar-refractivity contribution in [3.8, 4) is 5.75 Å². The number of nitrogens with zero attached hydrogens (tertiary/aromatic N) is 3. The maximum Gasteiger partial charge on any atom is 0.152 e. The van der Waals surface area contributed by atoms with Gasteiger partial charge in [-0.25, -0.2) is 9.97 Å². The van der Waals surface area contributed by atoms with Crippen molar-refractivity contribution in [3.05, 3.63) is 54.1 Å². The predicted octanol–water partition coefficient (Wildman–Crippen LogP) is 3.24. The Morgan fingerprint density at radius 3 is 2.48 bits per heavy atom. The Balaban J connectivity index is 1.52. The molecule has 1 fully saturated rings. The van der Waals surface area contributed by atoms with Crippen LogP contribution in [0.25, 0.3) is 0 Å². The molecule has 2 N–H and O–H groups in total. The van der Waals surface area contributed by atoms with Crippen molar-refractivity contribution in [3.63, 3.8) is 0 Å². The number of benzene rings is 1. The summed E-state index contributed by atoms with van der Waals surface area (Å²) in [5.41, 5.74) is 1.39. The standard InChI is InChI=1S/C22H31N3O2/c1-2-18(22-23-11-21(27)12-24-22)13-25-14-19(20(15-25)16-26)10-6-9-17-7-4-3-5-8-17/h3-5,7-8,11-12,18-20,26-27H,2,6,9-10,13-16H2,1H3/t18?,19-,20-/m1/s1. The molecule has 1 saturated heterocycles. The van der Waals surface area contributed by atoms with Crippen LogP contribution in [0.1, 0.15) is 43.5 Å². The van der Waals surface area contributed by atoms with E-state index in [9.17, 15) is 10.2 Å². The van der Waals surface area contributed by atoms with Crippen molar-refractivity contribution >= 4 is 0 Å². The molecule has 0 amide bonds. The van der Waals surface area contributed by atoms with E-state index < -0.39 is 0 Å². The maximum absolute atomic E-state index is 9.83. The SMILES string of the molecule is CCC(CN1C[C@@H](CCCc2ccccc2)[C@@H](CO)C1)c1ncc(O)cn1. The Labute approximate surface area is 162 Å². The largest absolute Gasteiger partial charge is 0.505 e. The molecule has 0 bridgehead atoms. The van der Waals surface area contributed by atoms with Crippen molar-refractivity contribution in [1.29, 1.82) is 0 Å². The van der Waals surface area contributed by atoms with Gasteiger partial charge in [-0.05, 0) is 43.1 Å². The number of likely N-dealkylation sites (tertiary alicyclic amines) is 1. The highest BCUT2D eigenvalue weighted by molar-refractivity contribution is 5.14. The zero-order chi connectivity index (χ0) is 19.1. The van der Waals surface area contributed by atoms with Crippen LogP contribution >= 0.6 is 0 Å². The molecule has 1 aliphatic rings. The third kappa shape index (κ3) is 5.50. The van der Waals surface area contributed by atoms with E-state index in [4.69, 9.17) is 0 Å². The number of rotatable bonds is 9. The summed E-state index contributed by atoms with van der Waals surface area (Å²) in [6.45, 7) is 5.31. The summed E-state index contributed by atoms with van der Waals surface area (Å²) in [6, 6.07) is 10.6. The second-order valence-electron chi connectivity index (χ2n) is 7.70. The molecular formula is C22H31N3O2. The number of hydrogen-bond acceptors (Lipinski definition) is 5. The Hall–Kier alpha value is -1.98. The number of aromatic hydroxyl groups is 1. The third-order valence-corrected chi connectivity index (χ3v) is 5.76. The predicted molar refractivity (Wildman–Crippen MR) is 107 cm³/mol. The van der Waals surface area contributed by atoms with Crippen LogP contribution in [0.4, 0.5) is 0 Å². The van der Waals surface area contributed by atoms with Crippen molar-refractivity contribution in [2.24, 2.45) is 11.8 Å². The van der Waals surface area contributed by atoms with E-state index in [1.807, 2.05) is 0 Å². The van der Waals surface area contributed by atoms with E-state index in [2.05, 4.69) is 52.1 Å². The number of aliphatic hydroxyl groups excluding tert-OH is 1. The highest BCUT2D eigenvalue weighted by atomic mass is 16.3. The number of aromatic nitrogens is 2. The average Bonchev–Trinajstić information content (AvgIpc) is 3.09. The Bertz CT molecular complexity index is 678. The molecule has 3 atom stereocenters. The Kier molecular flexibility index (Phi) is 7.18. The first-order valence-electron chi connectivity index (χ1n) is 10.1. The van der Waals surface area contributed by atoms with Crippen molar-refractivity contribution < 1.29 is 10.2 Å². The van der Waals surface area contributed by atoms with Gasteiger partial charge in [0, 0.05) is 32.2 Å². The fourth-order valence-corrected chi connectivity index (χ4v) is 4.18. The summed E-state index contributed by atoms with van der Waals surface area (Å²) in [4.78, 5) is 11.0. The minimum Gasteiger partial charge on any atom is -0.505 e. The summed E-state index contributed by atoms with van der Waals surface area (Å²) in [5, 5.41) is 19.2. The van der Waals surface area contributed by atoms with Crippen LogP contribution in [-0.2, 0) is 6.42 Å². The van der Waals surface area contributed by atoms with Gasteiger partial charge in [0.2, 0.25) is 0 Å². The van der Waals surface area contributed by atoms with Gasteiger partial charge in [-0.15, -0.1) is 0 Å². The zero-order valence-electron chi connectivity index (χ0n) is 16.2. The lowest BCUT2D eigenvalue weighted by molar-refractivity contribution is 0.195. The molecule has 1 aromatic heterocycles. The van der Waals surface area contributed by atoms with E-state index in [1.165, 1.54) is 18.0 Å². The summed E-state index contributed by atoms with van der Waals surface area (Å²) >= 11 is 0. The van der Waals surface area contributed by atoms with Crippen molar-refractivity contribution in [2.75, 3.05) is 26.2 Å². The van der Waals surface area contributed by atoms with E-state index in [0.717, 1.165) is 51.1 Å². The fraction of sp³-hybridized carbons (Fsp3) is 0.545. The smallest absolute Gasteiger partial charge is 0.152 e. The van der Waals surface area contributed by atoms with Crippen LogP contribution in [0.3, 0.4) is 0 Å². The molecule has 5 heteroatoms. The van der Waals surface area contributed by atoms with Crippen molar-refractivity contribution in [1.82, 2.24) is 14.9 Å². The lowest BCUT2D eigenvalue weighted by Gasteiger charge is -2.22.